The number of rotatable bonds is 7. The number of amides is 1. The zero-order valence-corrected chi connectivity index (χ0v) is 13.6. The van der Waals surface area contributed by atoms with Crippen LogP contribution < -0.4 is 15.4 Å². The van der Waals surface area contributed by atoms with Gasteiger partial charge in [-0.15, -0.1) is 0 Å². The number of hydrogen-bond donors (Lipinski definition) is 3. The predicted octanol–water partition coefficient (Wildman–Crippen LogP) is 1.06. The summed E-state index contributed by atoms with van der Waals surface area (Å²) >= 11 is 0. The van der Waals surface area contributed by atoms with Crippen LogP contribution in [0.3, 0.4) is 0 Å². The highest BCUT2D eigenvalue weighted by Crippen LogP contribution is 2.14. The van der Waals surface area contributed by atoms with Crippen LogP contribution in [0.15, 0.2) is 24.3 Å². The molecule has 1 atom stereocenters. The average Bonchev–Trinajstić information content (AvgIpc) is 2.96. The Morgan fingerprint density at radius 2 is 2.05 bits per heavy atom. The first kappa shape index (κ1) is 16.8. The van der Waals surface area contributed by atoms with Crippen molar-refractivity contribution in [2.75, 3.05) is 24.1 Å². The van der Waals surface area contributed by atoms with Gasteiger partial charge in [-0.05, 0) is 49.5 Å². The van der Waals surface area contributed by atoms with Crippen molar-refractivity contribution in [1.29, 1.82) is 0 Å². The van der Waals surface area contributed by atoms with Crippen LogP contribution in [-0.4, -0.2) is 33.7 Å². The Kier molecular flexibility index (Phi) is 5.79. The van der Waals surface area contributed by atoms with E-state index in [0.29, 0.717) is 24.6 Å². The van der Waals surface area contributed by atoms with Gasteiger partial charge in [-0.1, -0.05) is 12.1 Å². The number of nitrogens with one attached hydrogen (secondary N) is 3. The van der Waals surface area contributed by atoms with Crippen molar-refractivity contribution in [3.05, 3.63) is 29.8 Å². The molecule has 1 saturated heterocycles. The molecule has 0 saturated carbocycles. The van der Waals surface area contributed by atoms with Gasteiger partial charge in [0.2, 0.25) is 15.9 Å². The van der Waals surface area contributed by atoms with Crippen LogP contribution in [-0.2, 0) is 21.4 Å². The van der Waals surface area contributed by atoms with E-state index in [1.807, 2.05) is 0 Å². The van der Waals surface area contributed by atoms with Gasteiger partial charge in [0, 0.05) is 18.7 Å². The number of anilines is 1. The minimum atomic E-state index is -3.26. The highest BCUT2D eigenvalue weighted by atomic mass is 32.2. The maximum atomic E-state index is 11.8. The van der Waals surface area contributed by atoms with Crippen molar-refractivity contribution in [3.63, 3.8) is 0 Å². The van der Waals surface area contributed by atoms with Gasteiger partial charge in [-0.3, -0.25) is 9.52 Å². The van der Waals surface area contributed by atoms with Gasteiger partial charge in [-0.2, -0.15) is 0 Å². The van der Waals surface area contributed by atoms with Gasteiger partial charge >= 0.3 is 0 Å². The summed E-state index contributed by atoms with van der Waals surface area (Å²) in [5.41, 5.74) is 1.46. The number of sulfonamides is 1. The summed E-state index contributed by atoms with van der Waals surface area (Å²) in [4.78, 5) is 11.8. The minimum absolute atomic E-state index is 0.0604. The normalized spacial score (nSPS) is 18.1. The van der Waals surface area contributed by atoms with Crippen molar-refractivity contribution in [3.8, 4) is 0 Å². The van der Waals surface area contributed by atoms with Gasteiger partial charge in [0.15, 0.2) is 0 Å². The number of benzene rings is 1. The SMILES string of the molecule is CS(=O)(=O)Nc1ccc(CNC(=O)CCC2CCNC2)cc1. The summed E-state index contributed by atoms with van der Waals surface area (Å²) in [7, 11) is -3.26. The first-order chi connectivity index (χ1) is 10.4. The topological polar surface area (TPSA) is 87.3 Å². The van der Waals surface area contributed by atoms with E-state index in [1.54, 1.807) is 24.3 Å². The number of hydrogen-bond acceptors (Lipinski definition) is 4. The molecular formula is C15H23N3O3S. The second-order valence-corrected chi connectivity index (χ2v) is 7.49. The first-order valence-corrected chi connectivity index (χ1v) is 9.36. The van der Waals surface area contributed by atoms with Crippen molar-refractivity contribution in [2.45, 2.75) is 25.8 Å². The summed E-state index contributed by atoms with van der Waals surface area (Å²) in [6.07, 6.45) is 3.75. The molecule has 1 heterocycles. The first-order valence-electron chi connectivity index (χ1n) is 7.46. The lowest BCUT2D eigenvalue weighted by Crippen LogP contribution is -2.23. The van der Waals surface area contributed by atoms with E-state index in [9.17, 15) is 13.2 Å². The highest BCUT2D eigenvalue weighted by molar-refractivity contribution is 7.92. The van der Waals surface area contributed by atoms with E-state index >= 15 is 0 Å². The van der Waals surface area contributed by atoms with Crippen molar-refractivity contribution >= 4 is 21.6 Å². The molecule has 1 aromatic carbocycles. The molecule has 1 aliphatic rings. The highest BCUT2D eigenvalue weighted by Gasteiger charge is 2.15. The maximum Gasteiger partial charge on any atom is 0.229 e. The van der Waals surface area contributed by atoms with Crippen LogP contribution in [0.5, 0.6) is 0 Å². The summed E-state index contributed by atoms with van der Waals surface area (Å²) in [6, 6.07) is 6.98. The predicted molar refractivity (Wildman–Crippen MR) is 87.0 cm³/mol. The largest absolute Gasteiger partial charge is 0.352 e. The van der Waals surface area contributed by atoms with Crippen LogP contribution in [0.2, 0.25) is 0 Å². The fourth-order valence-corrected chi connectivity index (χ4v) is 3.05. The van der Waals surface area contributed by atoms with Crippen LogP contribution in [0.1, 0.15) is 24.8 Å². The lowest BCUT2D eigenvalue weighted by Gasteiger charge is -2.09. The van der Waals surface area contributed by atoms with Crippen LogP contribution >= 0.6 is 0 Å². The van der Waals surface area contributed by atoms with Crippen LogP contribution in [0.25, 0.3) is 0 Å². The average molecular weight is 325 g/mol. The second-order valence-electron chi connectivity index (χ2n) is 5.75. The lowest BCUT2D eigenvalue weighted by molar-refractivity contribution is -0.121. The van der Waals surface area contributed by atoms with Crippen LogP contribution in [0.4, 0.5) is 5.69 Å². The van der Waals surface area contributed by atoms with E-state index in [4.69, 9.17) is 0 Å². The molecule has 122 valence electrons. The van der Waals surface area contributed by atoms with Gasteiger partial charge < -0.3 is 10.6 Å². The van der Waals surface area contributed by atoms with E-state index in [2.05, 4.69) is 15.4 Å². The summed E-state index contributed by atoms with van der Waals surface area (Å²) < 4.78 is 24.6. The molecule has 6 nitrogen and oxygen atoms in total. The van der Waals surface area contributed by atoms with Gasteiger partial charge in [0.25, 0.3) is 0 Å². The molecular weight excluding hydrogens is 302 g/mol. The van der Waals surface area contributed by atoms with E-state index in [-0.39, 0.29) is 5.91 Å². The fourth-order valence-electron chi connectivity index (χ4n) is 2.49. The van der Waals surface area contributed by atoms with Crippen molar-refractivity contribution in [2.24, 2.45) is 5.92 Å². The third-order valence-corrected chi connectivity index (χ3v) is 4.30. The molecule has 1 unspecified atom stereocenters. The molecule has 2 rings (SSSR count). The molecule has 1 fully saturated rings. The summed E-state index contributed by atoms with van der Waals surface area (Å²) in [5.74, 6) is 0.678. The molecule has 7 heteroatoms. The van der Waals surface area contributed by atoms with Crippen molar-refractivity contribution in [1.82, 2.24) is 10.6 Å². The van der Waals surface area contributed by atoms with E-state index in [1.165, 1.54) is 0 Å². The van der Waals surface area contributed by atoms with Gasteiger partial charge in [0.05, 0.1) is 6.26 Å². The smallest absolute Gasteiger partial charge is 0.229 e. The molecule has 22 heavy (non-hydrogen) atoms. The third kappa shape index (κ3) is 6.03. The Labute approximate surface area is 131 Å². The lowest BCUT2D eigenvalue weighted by atomic mass is 10.0. The van der Waals surface area contributed by atoms with Gasteiger partial charge in [-0.25, -0.2) is 8.42 Å². The Hall–Kier alpha value is -1.60. The Bertz CT molecular complexity index is 593. The second kappa shape index (κ2) is 7.60. The third-order valence-electron chi connectivity index (χ3n) is 3.69. The summed E-state index contributed by atoms with van der Waals surface area (Å²) in [6.45, 7) is 2.53. The fraction of sp³-hybridized carbons (Fsp3) is 0.533. The molecule has 3 N–H and O–H groups in total. The van der Waals surface area contributed by atoms with Crippen molar-refractivity contribution < 1.29 is 13.2 Å². The molecule has 0 aliphatic carbocycles. The molecule has 0 bridgehead atoms. The molecule has 0 spiro atoms. The minimum Gasteiger partial charge on any atom is -0.352 e. The summed E-state index contributed by atoms with van der Waals surface area (Å²) in [5, 5.41) is 6.19. The standard InChI is InChI=1S/C15H23N3O3S/c1-22(20,21)18-14-5-2-12(3-6-14)11-17-15(19)7-4-13-8-9-16-10-13/h2-3,5-6,13,16,18H,4,7-11H2,1H3,(H,17,19). The monoisotopic (exact) mass is 325 g/mol. The Balaban J connectivity index is 1.72. The molecule has 1 aromatic rings. The molecule has 0 radical (unpaired) electrons. The zero-order valence-electron chi connectivity index (χ0n) is 12.8. The molecule has 1 amide bonds. The van der Waals surface area contributed by atoms with Crippen LogP contribution in [0, 0.1) is 5.92 Å². The number of carbonyl (C=O) groups excluding carboxylic acids is 1. The Morgan fingerprint density at radius 1 is 1.32 bits per heavy atom. The Morgan fingerprint density at radius 3 is 2.64 bits per heavy atom. The molecule has 1 aliphatic heterocycles. The van der Waals surface area contributed by atoms with Gasteiger partial charge in [0.1, 0.15) is 0 Å². The van der Waals surface area contributed by atoms with E-state index in [0.717, 1.165) is 37.8 Å². The number of carbonyl (C=O) groups is 1. The zero-order chi connectivity index (χ0) is 16.0. The maximum absolute atomic E-state index is 11.8. The molecule has 0 aromatic heterocycles. The quantitative estimate of drug-likeness (QED) is 0.700. The van der Waals surface area contributed by atoms with E-state index < -0.39 is 10.0 Å².